The van der Waals surface area contributed by atoms with E-state index in [0.29, 0.717) is 12.5 Å². The Balaban J connectivity index is 0.00000200. The Morgan fingerprint density at radius 1 is 1.55 bits per heavy atom. The van der Waals surface area contributed by atoms with E-state index in [1.54, 1.807) is 7.05 Å². The molecule has 1 aliphatic heterocycles. The third-order valence-corrected chi connectivity index (χ3v) is 4.35. The third kappa shape index (κ3) is 5.79. The number of rotatable bonds is 6. The van der Waals surface area contributed by atoms with Gasteiger partial charge in [-0.1, -0.05) is 6.07 Å². The summed E-state index contributed by atoms with van der Waals surface area (Å²) in [5, 5.41) is 8.01. The first kappa shape index (κ1) is 17.4. The van der Waals surface area contributed by atoms with E-state index in [1.165, 1.54) is 24.3 Å². The van der Waals surface area contributed by atoms with Gasteiger partial charge in [0.2, 0.25) is 5.91 Å². The van der Waals surface area contributed by atoms with Crippen LogP contribution in [0.5, 0.6) is 0 Å². The standard InChI is InChI=1S/C14H23N3OS.ClH/c1-15-9-14(18)16-8-12-4-2-6-17(10-12)11-13-5-3-7-19-13;/h3,5,7,12,15H,2,4,6,8-11H2,1H3,(H,16,18);1H. The molecule has 0 aliphatic carbocycles. The maximum atomic E-state index is 11.4. The highest BCUT2D eigenvalue weighted by molar-refractivity contribution is 7.09. The molecule has 20 heavy (non-hydrogen) atoms. The number of amides is 1. The first-order chi connectivity index (χ1) is 9.28. The van der Waals surface area contributed by atoms with E-state index in [4.69, 9.17) is 0 Å². The zero-order valence-corrected chi connectivity index (χ0v) is 13.6. The zero-order chi connectivity index (χ0) is 13.5. The Hall–Kier alpha value is -0.620. The number of nitrogens with zero attached hydrogens (tertiary/aromatic N) is 1. The minimum Gasteiger partial charge on any atom is -0.355 e. The second-order valence-electron chi connectivity index (χ2n) is 5.16. The molecule has 114 valence electrons. The number of carbonyl (C=O) groups is 1. The van der Waals surface area contributed by atoms with Crippen molar-refractivity contribution in [3.8, 4) is 0 Å². The summed E-state index contributed by atoms with van der Waals surface area (Å²) in [5.74, 6) is 0.687. The van der Waals surface area contributed by atoms with Gasteiger partial charge in [-0.05, 0) is 43.8 Å². The van der Waals surface area contributed by atoms with E-state index >= 15 is 0 Å². The van der Waals surface area contributed by atoms with Gasteiger partial charge in [0, 0.05) is 24.5 Å². The van der Waals surface area contributed by atoms with Gasteiger partial charge in [0.25, 0.3) is 0 Å². The molecule has 1 aromatic rings. The van der Waals surface area contributed by atoms with Gasteiger partial charge in [0.1, 0.15) is 0 Å². The Labute approximate surface area is 131 Å². The van der Waals surface area contributed by atoms with Crippen molar-refractivity contribution in [1.82, 2.24) is 15.5 Å². The molecule has 1 fully saturated rings. The summed E-state index contributed by atoms with van der Waals surface area (Å²) in [5.41, 5.74) is 0. The molecule has 0 aromatic carbocycles. The summed E-state index contributed by atoms with van der Waals surface area (Å²) in [6, 6.07) is 4.31. The monoisotopic (exact) mass is 317 g/mol. The second kappa shape index (κ2) is 9.34. The van der Waals surface area contributed by atoms with Crippen LogP contribution >= 0.6 is 23.7 Å². The van der Waals surface area contributed by atoms with Crippen molar-refractivity contribution in [2.24, 2.45) is 5.92 Å². The second-order valence-corrected chi connectivity index (χ2v) is 6.19. The lowest BCUT2D eigenvalue weighted by molar-refractivity contribution is -0.120. The number of hydrogen-bond acceptors (Lipinski definition) is 4. The van der Waals surface area contributed by atoms with E-state index in [-0.39, 0.29) is 18.3 Å². The number of likely N-dealkylation sites (N-methyl/N-ethyl adjacent to an activating group) is 1. The molecular weight excluding hydrogens is 294 g/mol. The molecular formula is C14H24ClN3OS. The fourth-order valence-corrected chi connectivity index (χ4v) is 3.31. The summed E-state index contributed by atoms with van der Waals surface area (Å²) < 4.78 is 0. The highest BCUT2D eigenvalue weighted by Crippen LogP contribution is 2.19. The summed E-state index contributed by atoms with van der Waals surface area (Å²) >= 11 is 1.82. The number of halogens is 1. The number of nitrogens with one attached hydrogen (secondary N) is 2. The lowest BCUT2D eigenvalue weighted by Crippen LogP contribution is -2.42. The molecule has 4 nitrogen and oxygen atoms in total. The van der Waals surface area contributed by atoms with Gasteiger partial charge < -0.3 is 10.6 Å². The van der Waals surface area contributed by atoms with Gasteiger partial charge in [0.05, 0.1) is 6.54 Å². The van der Waals surface area contributed by atoms with Crippen LogP contribution in [-0.2, 0) is 11.3 Å². The number of thiophene rings is 1. The predicted molar refractivity (Wildman–Crippen MR) is 86.5 cm³/mol. The molecule has 6 heteroatoms. The first-order valence-corrected chi connectivity index (χ1v) is 7.82. The van der Waals surface area contributed by atoms with Crippen LogP contribution in [0.2, 0.25) is 0 Å². The lowest BCUT2D eigenvalue weighted by atomic mass is 9.98. The van der Waals surface area contributed by atoms with Gasteiger partial charge in [-0.3, -0.25) is 9.69 Å². The van der Waals surface area contributed by atoms with E-state index < -0.39 is 0 Å². The van der Waals surface area contributed by atoms with Crippen molar-refractivity contribution < 1.29 is 4.79 Å². The van der Waals surface area contributed by atoms with Gasteiger partial charge in [-0.2, -0.15) is 0 Å². The van der Waals surface area contributed by atoms with Gasteiger partial charge in [-0.25, -0.2) is 0 Å². The molecule has 1 amide bonds. The summed E-state index contributed by atoms with van der Waals surface area (Å²) in [6.07, 6.45) is 2.46. The van der Waals surface area contributed by atoms with Crippen LogP contribution in [0.3, 0.4) is 0 Å². The van der Waals surface area contributed by atoms with Gasteiger partial charge in [0.15, 0.2) is 0 Å². The average molecular weight is 318 g/mol. The third-order valence-electron chi connectivity index (χ3n) is 3.49. The Morgan fingerprint density at radius 2 is 2.40 bits per heavy atom. The fourth-order valence-electron chi connectivity index (χ4n) is 2.57. The van der Waals surface area contributed by atoms with Crippen molar-refractivity contribution in [1.29, 1.82) is 0 Å². The molecule has 1 aliphatic rings. The smallest absolute Gasteiger partial charge is 0.233 e. The highest BCUT2D eigenvalue weighted by Gasteiger charge is 2.20. The van der Waals surface area contributed by atoms with Crippen LogP contribution < -0.4 is 10.6 Å². The van der Waals surface area contributed by atoms with Crippen LogP contribution in [0.15, 0.2) is 17.5 Å². The van der Waals surface area contributed by atoms with Crippen LogP contribution in [0.1, 0.15) is 17.7 Å². The van der Waals surface area contributed by atoms with Crippen LogP contribution in [0, 0.1) is 5.92 Å². The molecule has 0 bridgehead atoms. The molecule has 1 atom stereocenters. The first-order valence-electron chi connectivity index (χ1n) is 6.94. The summed E-state index contributed by atoms with van der Waals surface area (Å²) in [6.45, 7) is 4.54. The molecule has 2 rings (SSSR count). The van der Waals surface area contributed by atoms with Crippen LogP contribution in [0.4, 0.5) is 0 Å². The van der Waals surface area contributed by atoms with Crippen molar-refractivity contribution in [3.05, 3.63) is 22.4 Å². The van der Waals surface area contributed by atoms with Crippen molar-refractivity contribution in [2.45, 2.75) is 19.4 Å². The SMILES string of the molecule is CNCC(=O)NCC1CCCN(Cc2cccs2)C1.Cl. The number of piperidine rings is 1. The van der Waals surface area contributed by atoms with E-state index in [0.717, 1.165) is 19.6 Å². The topological polar surface area (TPSA) is 44.4 Å². The van der Waals surface area contributed by atoms with Crippen molar-refractivity contribution >= 4 is 29.7 Å². The maximum absolute atomic E-state index is 11.4. The van der Waals surface area contributed by atoms with Gasteiger partial charge in [-0.15, -0.1) is 23.7 Å². The molecule has 2 heterocycles. The minimum absolute atomic E-state index is 0. The molecule has 1 unspecified atom stereocenters. The van der Waals surface area contributed by atoms with Crippen molar-refractivity contribution in [2.75, 3.05) is 33.2 Å². The minimum atomic E-state index is 0. The molecule has 1 aromatic heterocycles. The number of carbonyl (C=O) groups excluding carboxylic acids is 1. The predicted octanol–water partition coefficient (Wildman–Crippen LogP) is 1.72. The van der Waals surface area contributed by atoms with Gasteiger partial charge >= 0.3 is 0 Å². The Bertz CT molecular complexity index is 386. The molecule has 0 spiro atoms. The quantitative estimate of drug-likeness (QED) is 0.839. The number of hydrogen-bond donors (Lipinski definition) is 2. The van der Waals surface area contributed by atoms with Crippen LogP contribution in [-0.4, -0.2) is 44.0 Å². The maximum Gasteiger partial charge on any atom is 0.233 e. The van der Waals surface area contributed by atoms with E-state index in [1.807, 2.05) is 11.3 Å². The van der Waals surface area contributed by atoms with Crippen LogP contribution in [0.25, 0.3) is 0 Å². The largest absolute Gasteiger partial charge is 0.355 e. The summed E-state index contributed by atoms with van der Waals surface area (Å²) in [4.78, 5) is 15.4. The molecule has 0 radical (unpaired) electrons. The average Bonchev–Trinajstić information content (AvgIpc) is 2.90. The lowest BCUT2D eigenvalue weighted by Gasteiger charge is -2.32. The van der Waals surface area contributed by atoms with Crippen molar-refractivity contribution in [3.63, 3.8) is 0 Å². The normalized spacial score (nSPS) is 19.4. The van der Waals surface area contributed by atoms with E-state index in [9.17, 15) is 4.79 Å². The molecule has 1 saturated heterocycles. The summed E-state index contributed by atoms with van der Waals surface area (Å²) in [7, 11) is 1.79. The molecule has 0 saturated carbocycles. The highest BCUT2D eigenvalue weighted by atomic mass is 35.5. The Kier molecular flexibility index (Phi) is 8.14. The number of likely N-dealkylation sites (tertiary alicyclic amines) is 1. The zero-order valence-electron chi connectivity index (χ0n) is 11.9. The van der Waals surface area contributed by atoms with E-state index in [2.05, 4.69) is 33.0 Å². The fraction of sp³-hybridized carbons (Fsp3) is 0.643. The Morgan fingerprint density at radius 3 is 3.10 bits per heavy atom. The molecule has 2 N–H and O–H groups in total.